The topological polar surface area (TPSA) is 100 Å². The van der Waals surface area contributed by atoms with Crippen LogP contribution in [0.25, 0.3) is 17.1 Å². The van der Waals surface area contributed by atoms with E-state index in [2.05, 4.69) is 20.1 Å². The fraction of sp³-hybridized carbons (Fsp3) is 0.464. The molecule has 0 N–H and O–H groups in total. The molecule has 0 amide bonds. The maximum absolute atomic E-state index is 14.3. The molecule has 1 aliphatic heterocycles. The lowest BCUT2D eigenvalue weighted by atomic mass is 9.54. The van der Waals surface area contributed by atoms with Crippen molar-refractivity contribution in [2.45, 2.75) is 51.1 Å². The quantitative estimate of drug-likeness (QED) is 0.290. The molecule has 3 aromatic heterocycles. The van der Waals surface area contributed by atoms with Gasteiger partial charge in [0.05, 0.1) is 17.9 Å². The van der Waals surface area contributed by atoms with Gasteiger partial charge < -0.3 is 8.82 Å². The molecule has 14 heteroatoms. The third-order valence-corrected chi connectivity index (χ3v) is 10.8. The van der Waals surface area contributed by atoms with E-state index in [1.165, 1.54) is 58.9 Å². The minimum atomic E-state index is -4.02. The molecule has 1 aromatic carbocycles. The number of aromatic nitrogens is 4. The summed E-state index contributed by atoms with van der Waals surface area (Å²) in [6.07, 6.45) is 6.82. The van der Waals surface area contributed by atoms with Gasteiger partial charge in [-0.05, 0) is 61.4 Å². The Kier molecular flexibility index (Phi) is 6.74. The summed E-state index contributed by atoms with van der Waals surface area (Å²) in [5.74, 6) is -1.40. The highest BCUT2D eigenvalue weighted by Gasteiger charge is 2.50. The summed E-state index contributed by atoms with van der Waals surface area (Å²) in [5.41, 5.74) is 1.98. The first kappa shape index (κ1) is 27.3. The van der Waals surface area contributed by atoms with Crippen LogP contribution >= 0.6 is 0 Å². The Bertz CT molecular complexity index is 1710. The van der Waals surface area contributed by atoms with E-state index in [0.29, 0.717) is 54.5 Å². The van der Waals surface area contributed by atoms with Crippen LogP contribution < -0.4 is 4.31 Å². The van der Waals surface area contributed by atoms with Crippen molar-refractivity contribution in [3.63, 3.8) is 0 Å². The number of nitrogens with zero attached hydrogens (tertiary/aromatic N) is 7. The number of anilines is 1. The first-order chi connectivity index (χ1) is 20.2. The number of rotatable bonds is 8. The normalized spacial score (nSPS) is 19.8. The van der Waals surface area contributed by atoms with Crippen LogP contribution in [-0.4, -0.2) is 69.4 Å². The molecule has 0 radical (unpaired) electrons. The van der Waals surface area contributed by atoms with Crippen LogP contribution in [0.3, 0.4) is 0 Å². The maximum Gasteiger partial charge on any atom is 0.314 e. The van der Waals surface area contributed by atoms with Gasteiger partial charge in [-0.2, -0.15) is 21.5 Å². The lowest BCUT2D eigenvalue weighted by molar-refractivity contribution is -0.0620. The lowest BCUT2D eigenvalue weighted by Crippen LogP contribution is -2.60. The smallest absolute Gasteiger partial charge is 0.314 e. The zero-order valence-electron chi connectivity index (χ0n) is 22.7. The highest BCUT2D eigenvalue weighted by atomic mass is 32.2. The van der Waals surface area contributed by atoms with Crippen LogP contribution in [-0.2, 0) is 16.8 Å². The second-order valence-electron chi connectivity index (χ2n) is 11.5. The summed E-state index contributed by atoms with van der Waals surface area (Å²) in [7, 11) is -4.02. The standard InChI is InChI=1S/C28H30F3N7O3S/c29-20-3-1-4-22(14-20)38(42(39,40)37-11-9-35(10-12-37)23-15-28(16-23)6-2-7-28)18-21-17-36-8-5-19(13-24(36)32-21)26-33-34-27(41-26)25(30)31/h1,3-5,8,13-14,17,23,25H,2,6-7,9-12,15-16,18H2. The van der Waals surface area contributed by atoms with Crippen LogP contribution in [0.1, 0.15) is 50.1 Å². The van der Waals surface area contributed by atoms with E-state index < -0.39 is 28.3 Å². The number of benzene rings is 1. The van der Waals surface area contributed by atoms with Crippen LogP contribution in [0.5, 0.6) is 0 Å². The van der Waals surface area contributed by atoms with Crippen molar-refractivity contribution in [1.29, 1.82) is 0 Å². The van der Waals surface area contributed by atoms with Gasteiger partial charge in [-0.15, -0.1) is 10.2 Å². The number of pyridine rings is 1. The van der Waals surface area contributed by atoms with Crippen molar-refractivity contribution >= 4 is 21.5 Å². The Morgan fingerprint density at radius 3 is 2.52 bits per heavy atom. The number of fused-ring (bicyclic) bond motifs is 1. The predicted molar refractivity (Wildman–Crippen MR) is 147 cm³/mol. The minimum absolute atomic E-state index is 0.0785. The Morgan fingerprint density at radius 2 is 1.86 bits per heavy atom. The molecule has 3 aliphatic rings. The Morgan fingerprint density at radius 1 is 1.07 bits per heavy atom. The molecular formula is C28H30F3N7O3S. The van der Waals surface area contributed by atoms with Crippen molar-refractivity contribution in [3.05, 3.63) is 66.2 Å². The van der Waals surface area contributed by atoms with Crippen molar-refractivity contribution in [1.82, 2.24) is 28.8 Å². The molecule has 0 bridgehead atoms. The van der Waals surface area contributed by atoms with Crippen molar-refractivity contribution in [2.75, 3.05) is 30.5 Å². The zero-order valence-corrected chi connectivity index (χ0v) is 23.6. The van der Waals surface area contributed by atoms with Gasteiger partial charge in [-0.25, -0.2) is 9.37 Å². The Labute approximate surface area is 240 Å². The molecule has 222 valence electrons. The summed E-state index contributed by atoms with van der Waals surface area (Å²) in [5, 5.41) is 7.03. The second kappa shape index (κ2) is 10.3. The third-order valence-electron chi connectivity index (χ3n) is 8.93. The van der Waals surface area contributed by atoms with Gasteiger partial charge in [-0.1, -0.05) is 12.5 Å². The molecule has 4 heterocycles. The summed E-state index contributed by atoms with van der Waals surface area (Å²) in [6, 6.07) is 9.23. The molecule has 4 aromatic rings. The van der Waals surface area contributed by atoms with E-state index in [4.69, 9.17) is 4.42 Å². The van der Waals surface area contributed by atoms with Crippen LogP contribution in [0.2, 0.25) is 0 Å². The van der Waals surface area contributed by atoms with Crippen molar-refractivity contribution in [2.24, 2.45) is 5.41 Å². The molecule has 10 nitrogen and oxygen atoms in total. The molecule has 0 atom stereocenters. The molecule has 7 rings (SSSR count). The molecule has 2 saturated carbocycles. The van der Waals surface area contributed by atoms with Gasteiger partial charge in [0, 0.05) is 50.2 Å². The summed E-state index contributed by atoms with van der Waals surface area (Å²) in [4.78, 5) is 6.98. The van der Waals surface area contributed by atoms with Gasteiger partial charge >= 0.3 is 16.6 Å². The summed E-state index contributed by atoms with van der Waals surface area (Å²) in [6.45, 7) is 1.91. The first-order valence-corrected chi connectivity index (χ1v) is 15.5. The predicted octanol–water partition coefficient (Wildman–Crippen LogP) is 4.66. The SMILES string of the molecule is O=S(=O)(N1CCN(C2CC3(CCC3)C2)CC1)N(Cc1cn2ccc(-c3nnc(C(F)F)o3)cc2n1)c1cccc(F)c1. The highest BCUT2D eigenvalue weighted by molar-refractivity contribution is 7.90. The van der Waals surface area contributed by atoms with Gasteiger partial charge in [0.1, 0.15) is 11.5 Å². The van der Waals surface area contributed by atoms with Gasteiger partial charge in [0.15, 0.2) is 0 Å². The third kappa shape index (κ3) is 4.94. The van der Waals surface area contributed by atoms with E-state index >= 15 is 0 Å². The average molecular weight is 602 g/mol. The van der Waals surface area contributed by atoms with Gasteiger partial charge in [0.25, 0.3) is 5.89 Å². The second-order valence-corrected chi connectivity index (χ2v) is 13.4. The van der Waals surface area contributed by atoms with Crippen LogP contribution in [0.15, 0.2) is 53.2 Å². The molecular weight excluding hydrogens is 571 g/mol. The number of hydrogen-bond acceptors (Lipinski definition) is 7. The Balaban J connectivity index is 1.12. The molecule has 0 unspecified atom stereocenters. The van der Waals surface area contributed by atoms with Crippen LogP contribution in [0.4, 0.5) is 18.9 Å². The Hall–Kier alpha value is -3.49. The molecule has 1 saturated heterocycles. The summed E-state index contributed by atoms with van der Waals surface area (Å²) < 4.78 is 77.5. The van der Waals surface area contributed by atoms with Crippen molar-refractivity contribution in [3.8, 4) is 11.5 Å². The number of alkyl halides is 2. The number of hydrogen-bond donors (Lipinski definition) is 0. The largest absolute Gasteiger partial charge is 0.415 e. The van der Waals surface area contributed by atoms with Gasteiger partial charge in [0.2, 0.25) is 5.89 Å². The van der Waals surface area contributed by atoms with Gasteiger partial charge in [-0.3, -0.25) is 9.21 Å². The van der Waals surface area contributed by atoms with E-state index in [1.807, 2.05) is 0 Å². The summed E-state index contributed by atoms with van der Waals surface area (Å²) >= 11 is 0. The first-order valence-electron chi connectivity index (χ1n) is 14.1. The van der Waals surface area contributed by atoms with Crippen molar-refractivity contribution < 1.29 is 26.0 Å². The zero-order chi connectivity index (χ0) is 29.1. The fourth-order valence-electron chi connectivity index (χ4n) is 6.49. The molecule has 42 heavy (non-hydrogen) atoms. The van der Waals surface area contributed by atoms with E-state index in [-0.39, 0.29) is 18.1 Å². The number of piperazine rings is 1. The number of imidazole rings is 1. The molecule has 1 spiro atoms. The minimum Gasteiger partial charge on any atom is -0.415 e. The van der Waals surface area contributed by atoms with Crippen LogP contribution in [0, 0.1) is 11.2 Å². The molecule has 3 fully saturated rings. The monoisotopic (exact) mass is 601 g/mol. The maximum atomic E-state index is 14.3. The van der Waals surface area contributed by atoms with E-state index in [9.17, 15) is 21.6 Å². The fourth-order valence-corrected chi connectivity index (χ4v) is 8.07. The average Bonchev–Trinajstić information content (AvgIpc) is 3.57. The highest BCUT2D eigenvalue weighted by Crippen LogP contribution is 2.57. The number of halogens is 3. The lowest BCUT2D eigenvalue weighted by Gasteiger charge is -2.58. The van der Waals surface area contributed by atoms with E-state index in [1.54, 1.807) is 35.0 Å². The molecule has 2 aliphatic carbocycles. The van der Waals surface area contributed by atoms with E-state index in [0.717, 1.165) is 0 Å².